The predicted molar refractivity (Wildman–Crippen MR) is 354 cm³/mol. The molecule has 0 fully saturated rings. The molecule has 0 bridgehead atoms. The van der Waals surface area contributed by atoms with E-state index in [1.165, 1.54) is 174 Å². The maximum atomic E-state index is 2.37. The molecule has 0 saturated carbocycles. The fraction of sp³-hybridized carbons (Fsp3) is 0.0123. The Labute approximate surface area is 469 Å². The molecule has 0 amide bonds. The summed E-state index contributed by atoms with van der Waals surface area (Å²) in [7, 11) is 0. The van der Waals surface area contributed by atoms with Crippen LogP contribution in [0.4, 0.5) is 0 Å². The zero-order chi connectivity index (χ0) is 52.4. The lowest BCUT2D eigenvalue weighted by Crippen LogP contribution is -1.88. The van der Waals surface area contributed by atoms with Crippen LogP contribution in [0.2, 0.25) is 0 Å². The Morgan fingerprint density at radius 1 is 0.136 bits per heavy atom. The first-order valence-electron chi connectivity index (χ1n) is 27.9. The van der Waals surface area contributed by atoms with E-state index < -0.39 is 0 Å². The van der Waals surface area contributed by atoms with E-state index in [9.17, 15) is 0 Å². The lowest BCUT2D eigenvalue weighted by atomic mass is 9.88. The van der Waals surface area contributed by atoms with Crippen molar-refractivity contribution in [3.8, 4) is 44.5 Å². The van der Waals surface area contributed by atoms with E-state index in [4.69, 9.17) is 0 Å². The van der Waals surface area contributed by atoms with Crippen molar-refractivity contribution in [2.45, 2.75) is 7.43 Å². The molecule has 0 radical (unpaired) electrons. The first kappa shape index (κ1) is 46.7. The predicted octanol–water partition coefficient (Wildman–Crippen LogP) is 23.4. The van der Waals surface area contributed by atoms with Crippen LogP contribution >= 0.6 is 0 Å². The molecule has 81 heavy (non-hydrogen) atoms. The van der Waals surface area contributed by atoms with E-state index in [1.54, 1.807) is 0 Å². The Kier molecular flexibility index (Phi) is 10.6. The molecular formula is C81H52. The van der Waals surface area contributed by atoms with Gasteiger partial charge in [0.2, 0.25) is 0 Å². The van der Waals surface area contributed by atoms with E-state index in [-0.39, 0.29) is 7.43 Å². The van der Waals surface area contributed by atoms with Gasteiger partial charge in [0.05, 0.1) is 0 Å². The second-order valence-corrected chi connectivity index (χ2v) is 21.8. The van der Waals surface area contributed by atoms with E-state index in [0.29, 0.717) is 0 Å². The maximum absolute atomic E-state index is 2.37. The van der Waals surface area contributed by atoms with E-state index in [2.05, 4.69) is 291 Å². The summed E-state index contributed by atoms with van der Waals surface area (Å²) >= 11 is 0. The molecule has 0 aromatic heterocycles. The second kappa shape index (κ2) is 18.4. The molecule has 0 heterocycles. The summed E-state index contributed by atoms with van der Waals surface area (Å²) in [5.41, 5.74) is 10.0. The lowest BCUT2D eigenvalue weighted by molar-refractivity contribution is 1.62. The molecule has 0 unspecified atom stereocenters. The van der Waals surface area contributed by atoms with Gasteiger partial charge in [-0.25, -0.2) is 0 Å². The van der Waals surface area contributed by atoms with E-state index in [0.717, 1.165) is 0 Å². The van der Waals surface area contributed by atoms with Gasteiger partial charge in [-0.2, -0.15) is 0 Å². The molecule has 0 heteroatoms. The highest BCUT2D eigenvalue weighted by Crippen LogP contribution is 2.44. The van der Waals surface area contributed by atoms with Crippen LogP contribution in [0.15, 0.2) is 291 Å². The van der Waals surface area contributed by atoms with Crippen molar-refractivity contribution in [3.63, 3.8) is 0 Å². The largest absolute Gasteiger partial charge is 0.0776 e. The monoisotopic (exact) mass is 1020 g/mol. The van der Waals surface area contributed by atoms with Crippen molar-refractivity contribution in [1.82, 2.24) is 0 Å². The number of fused-ring (bicyclic) bond motifs is 12. The fourth-order valence-electron chi connectivity index (χ4n) is 13.8. The number of rotatable bonds is 4. The van der Waals surface area contributed by atoms with Gasteiger partial charge in [0.25, 0.3) is 0 Å². The highest BCUT2D eigenvalue weighted by Gasteiger charge is 2.16. The summed E-state index contributed by atoms with van der Waals surface area (Å²) in [6.45, 7) is 0. The van der Waals surface area contributed by atoms with Gasteiger partial charge >= 0.3 is 0 Å². The van der Waals surface area contributed by atoms with Crippen molar-refractivity contribution in [1.29, 1.82) is 0 Å². The zero-order valence-corrected chi connectivity index (χ0v) is 43.7. The van der Waals surface area contributed by atoms with Gasteiger partial charge in [0, 0.05) is 0 Å². The molecule has 0 saturated heterocycles. The van der Waals surface area contributed by atoms with Crippen molar-refractivity contribution in [2.75, 3.05) is 0 Å². The first-order chi connectivity index (χ1) is 39.7. The average molecular weight is 1030 g/mol. The highest BCUT2D eigenvalue weighted by molar-refractivity contribution is 6.29. The van der Waals surface area contributed by atoms with E-state index in [1.807, 2.05) is 0 Å². The highest BCUT2D eigenvalue weighted by atomic mass is 14.2. The molecule has 0 aliphatic rings. The van der Waals surface area contributed by atoms with E-state index >= 15 is 0 Å². The normalized spacial score (nSPS) is 11.9. The summed E-state index contributed by atoms with van der Waals surface area (Å²) in [6, 6.07) is 108. The van der Waals surface area contributed by atoms with Crippen LogP contribution in [0.3, 0.4) is 0 Å². The molecule has 0 spiro atoms. The molecule has 0 aliphatic carbocycles. The van der Waals surface area contributed by atoms with Gasteiger partial charge in [-0.15, -0.1) is 0 Å². The summed E-state index contributed by atoms with van der Waals surface area (Å²) in [4.78, 5) is 0. The molecule has 376 valence electrons. The Bertz CT molecular complexity index is 5060. The molecule has 0 aliphatic heterocycles. The van der Waals surface area contributed by atoms with Gasteiger partial charge in [-0.3, -0.25) is 0 Å². The summed E-state index contributed by atoms with van der Waals surface area (Å²) in [6.07, 6.45) is 0. The zero-order valence-electron chi connectivity index (χ0n) is 43.7. The molecule has 0 N–H and O–H groups in total. The number of benzene rings is 18. The van der Waals surface area contributed by atoms with Crippen LogP contribution in [-0.2, 0) is 0 Å². The first-order valence-corrected chi connectivity index (χ1v) is 27.9. The minimum Gasteiger partial charge on any atom is -0.0776 e. The third kappa shape index (κ3) is 7.24. The Morgan fingerprint density at radius 2 is 0.370 bits per heavy atom. The lowest BCUT2D eigenvalue weighted by Gasteiger charge is -2.15. The molecule has 18 aromatic carbocycles. The van der Waals surface area contributed by atoms with Gasteiger partial charge in [0.15, 0.2) is 0 Å². The molecule has 0 atom stereocenters. The summed E-state index contributed by atoms with van der Waals surface area (Å²) < 4.78 is 0. The van der Waals surface area contributed by atoms with Crippen LogP contribution in [-0.4, -0.2) is 0 Å². The van der Waals surface area contributed by atoms with Crippen molar-refractivity contribution < 1.29 is 0 Å². The summed E-state index contributed by atoms with van der Waals surface area (Å²) in [5.74, 6) is 0. The smallest absolute Gasteiger partial charge is 0.00206 e. The second-order valence-electron chi connectivity index (χ2n) is 21.8. The average Bonchev–Trinajstić information content (AvgIpc) is 3.56. The van der Waals surface area contributed by atoms with Crippen LogP contribution < -0.4 is 0 Å². The minimum atomic E-state index is 0. The SMILES string of the molecule is C.c1cc2ccc3ccc(-c4ccc(-c5ccc6ccc7cccc8ccc5c6c78)cc4)c4ccc(c1)c2c34.c1ccc2c(c1)c1ccccc1c1cc(-c3ccc(-c4ccc5c6ccccc6c6ccccc6c5c4)cc3)ccc21. The molecule has 18 aromatic rings. The van der Waals surface area contributed by atoms with Crippen molar-refractivity contribution >= 4 is 129 Å². The fourth-order valence-corrected chi connectivity index (χ4v) is 13.8. The Morgan fingerprint density at radius 3 is 0.704 bits per heavy atom. The molecule has 0 nitrogen and oxygen atoms in total. The maximum Gasteiger partial charge on any atom is -0.00206 e. The Hall–Kier alpha value is -10.4. The quantitative estimate of drug-likeness (QED) is 0.154. The standard InChI is InChI=1S/C42H26.C38H22.CH4/c1-3-13-35-31(9-1)33-11-5-7-15-37(33)41-25-29(21-23-39(35)41)27-17-19-28(20-18-27)30-22-24-40-36-14-4-2-10-32(36)34-12-6-8-16-38(34)42(40)26-30;1-3-25-11-13-29-15-19-31(33-21-17-27(5-1)35(25)37(29)33)23-7-9-24(10-8-23)32-20-16-30-14-12-26-4-2-6-28-18-22-34(32)38(30)36(26)28;/h1-26H;1-22H;1H4. The molecule has 18 rings (SSSR count). The Balaban J connectivity index is 0.000000133. The third-order valence-electron chi connectivity index (χ3n) is 17.6. The minimum absolute atomic E-state index is 0. The van der Waals surface area contributed by atoms with Crippen molar-refractivity contribution in [3.05, 3.63) is 291 Å². The number of hydrogen-bond donors (Lipinski definition) is 0. The third-order valence-corrected chi connectivity index (χ3v) is 17.6. The molecular weight excluding hydrogens is 973 g/mol. The van der Waals surface area contributed by atoms with Crippen LogP contribution in [0.25, 0.3) is 174 Å². The van der Waals surface area contributed by atoms with Crippen LogP contribution in [0, 0.1) is 0 Å². The van der Waals surface area contributed by atoms with Gasteiger partial charge in [-0.1, -0.05) is 286 Å². The van der Waals surface area contributed by atoms with Crippen molar-refractivity contribution in [2.24, 2.45) is 0 Å². The van der Waals surface area contributed by atoms with Gasteiger partial charge in [0.1, 0.15) is 0 Å². The van der Waals surface area contributed by atoms with Crippen LogP contribution in [0.1, 0.15) is 7.43 Å². The van der Waals surface area contributed by atoms with Gasteiger partial charge in [-0.05, 0) is 186 Å². The topological polar surface area (TPSA) is 0 Å². The van der Waals surface area contributed by atoms with Crippen LogP contribution in [0.5, 0.6) is 0 Å². The summed E-state index contributed by atoms with van der Waals surface area (Å²) in [5, 5.41) is 31.7. The number of hydrogen-bond acceptors (Lipinski definition) is 0. The van der Waals surface area contributed by atoms with Gasteiger partial charge < -0.3 is 0 Å².